The molecule has 9 aromatic rings. The fourth-order valence-corrected chi connectivity index (χ4v) is 8.52. The van der Waals surface area contributed by atoms with Gasteiger partial charge in [0, 0.05) is 93.6 Å². The van der Waals surface area contributed by atoms with Crippen LogP contribution in [0.15, 0.2) is 134 Å². The fourth-order valence-electron chi connectivity index (χ4n) is 8.52. The smallest absolute Gasteiger partial charge is 0.176 e. The molecule has 6 nitrogen and oxygen atoms in total. The standard InChI is InChI=1S/2C20H16F2N.C14H12N4.C3H7.F6P.Ir/c2*1-12-8-13(2)20(14(3)9-12)15-6-7-23-19(10-15)17-5-4-16(21)11-18(17)22;1-2-4-12-10-18-8-6-16-14(18)13-15-5-7-17(13)9-11(12)3-1;1-3-2;1-7(2,3,4,5)6;/h2*4,6-11H,1-3H3;1-8H,9-10H2;3H,1-2H3;;/q2*-1;;+1;-1;. The molecule has 0 amide bonds. The number of halogens is 10. The Labute approximate surface area is 443 Å². The van der Waals surface area contributed by atoms with Gasteiger partial charge in [0.1, 0.15) is 0 Å². The fraction of sp³-hybridized carbons (Fsp3) is 0.175. The van der Waals surface area contributed by atoms with E-state index >= 15 is 0 Å². The Morgan fingerprint density at radius 2 is 0.827 bits per heavy atom. The zero-order valence-corrected chi connectivity index (χ0v) is 45.2. The van der Waals surface area contributed by atoms with E-state index in [1.807, 2.05) is 69.3 Å². The van der Waals surface area contributed by atoms with Crippen LogP contribution in [0.2, 0.25) is 0 Å². The van der Waals surface area contributed by atoms with Gasteiger partial charge in [0.2, 0.25) is 0 Å². The van der Waals surface area contributed by atoms with E-state index in [2.05, 4.69) is 131 Å². The molecule has 0 saturated carbocycles. The minimum Gasteiger partial charge on any atom is -0.324 e. The van der Waals surface area contributed by atoms with E-state index in [0.717, 1.165) is 93.5 Å². The number of pyridine rings is 2. The van der Waals surface area contributed by atoms with Crippen LogP contribution in [0.25, 0.3) is 56.4 Å². The summed E-state index contributed by atoms with van der Waals surface area (Å²) in [7, 11) is -10.7. The van der Waals surface area contributed by atoms with Gasteiger partial charge in [-0.15, -0.1) is 24.3 Å². The van der Waals surface area contributed by atoms with Gasteiger partial charge in [0.15, 0.2) is 11.6 Å². The van der Waals surface area contributed by atoms with Crippen molar-refractivity contribution >= 4 is 7.81 Å². The molecule has 18 heteroatoms. The van der Waals surface area contributed by atoms with Crippen LogP contribution >= 0.6 is 7.81 Å². The van der Waals surface area contributed by atoms with Gasteiger partial charge in [0.05, 0.1) is 20.3 Å². The third-order valence-electron chi connectivity index (χ3n) is 11.1. The minimum absolute atomic E-state index is 0. The van der Waals surface area contributed by atoms with Gasteiger partial charge in [-0.3, -0.25) is 17.6 Å². The maximum Gasteiger partial charge on any atom is 0.176 e. The molecule has 0 unspecified atom stereocenters. The van der Waals surface area contributed by atoms with E-state index in [9.17, 15) is 42.7 Å². The first-order valence-electron chi connectivity index (χ1n) is 22.9. The monoisotopic (exact) mass is 1230 g/mol. The van der Waals surface area contributed by atoms with Gasteiger partial charge in [0.25, 0.3) is 0 Å². The normalized spacial score (nSPS) is 12.1. The first kappa shape index (κ1) is 59.0. The molecule has 0 bridgehead atoms. The molecule has 0 atom stereocenters. The Kier molecular flexibility index (Phi) is 18.7. The molecule has 0 fully saturated rings. The summed E-state index contributed by atoms with van der Waals surface area (Å²) < 4.78 is 118. The molecule has 1 aliphatic heterocycles. The molecule has 5 heterocycles. The number of aryl methyl sites for hydroxylation is 6. The van der Waals surface area contributed by atoms with Gasteiger partial charge in [-0.1, -0.05) is 95.1 Å². The maximum atomic E-state index is 14.0. The number of imidazole rings is 2. The molecule has 10 rings (SSSR count). The summed E-state index contributed by atoms with van der Waals surface area (Å²) in [4.78, 5) is 17.3. The molecule has 0 spiro atoms. The molecule has 395 valence electrons. The molecular weight excluding hydrogens is 1180 g/mol. The Balaban J connectivity index is 0.000000190. The van der Waals surface area contributed by atoms with Crippen molar-refractivity contribution in [2.24, 2.45) is 0 Å². The number of benzene rings is 5. The molecular formula is C57H51F10IrN6P-2. The number of hydrogen-bond donors (Lipinski definition) is 0. The molecule has 5 aromatic carbocycles. The molecule has 4 aromatic heterocycles. The summed E-state index contributed by atoms with van der Waals surface area (Å²) in [5.74, 6) is -0.733. The van der Waals surface area contributed by atoms with Gasteiger partial charge < -0.3 is 19.1 Å². The predicted octanol–water partition coefficient (Wildman–Crippen LogP) is 17.6. The molecule has 0 N–H and O–H groups in total. The van der Waals surface area contributed by atoms with Crippen LogP contribution in [0, 0.1) is 83.4 Å². The summed E-state index contributed by atoms with van der Waals surface area (Å²) in [6.45, 7) is 18.1. The zero-order valence-electron chi connectivity index (χ0n) is 41.9. The minimum atomic E-state index is -10.7. The molecule has 1 radical (unpaired) electrons. The van der Waals surface area contributed by atoms with Crippen molar-refractivity contribution in [1.82, 2.24) is 29.1 Å². The first-order valence-corrected chi connectivity index (χ1v) is 24.9. The maximum absolute atomic E-state index is 14.0. The summed E-state index contributed by atoms with van der Waals surface area (Å²) >= 11 is 0. The van der Waals surface area contributed by atoms with E-state index in [-0.39, 0.29) is 31.2 Å². The Hall–Kier alpha value is -6.93. The second-order valence-electron chi connectivity index (χ2n) is 17.6. The SMILES string of the molecule is C[CH+]C.Cc1cc(C)c(-c2ccnc(-c3[c-]cc(F)cc3F)c2)c(C)c1.Cc1cc(C)c(-c2ccnc(-c3[c-]cc(F)cc3F)c2)c(C)c1.F[P-](F)(F)(F)(F)F.[Ir].c1ccc2c(c1)Cn1ccnc1-c1nccn1C2. The Morgan fingerprint density at radius 3 is 1.15 bits per heavy atom. The van der Waals surface area contributed by atoms with E-state index in [1.54, 1.807) is 12.4 Å². The topological polar surface area (TPSA) is 61.4 Å². The molecule has 0 aliphatic carbocycles. The van der Waals surface area contributed by atoms with Crippen LogP contribution in [-0.2, 0) is 33.2 Å². The third kappa shape index (κ3) is 16.8. The number of aromatic nitrogens is 6. The number of fused-ring (bicyclic) bond motifs is 4. The van der Waals surface area contributed by atoms with Crippen LogP contribution in [-0.4, -0.2) is 29.1 Å². The van der Waals surface area contributed by atoms with Crippen molar-refractivity contribution in [2.75, 3.05) is 0 Å². The molecule has 1 aliphatic rings. The van der Waals surface area contributed by atoms with Crippen molar-refractivity contribution in [1.29, 1.82) is 0 Å². The number of rotatable bonds is 4. The Morgan fingerprint density at radius 1 is 0.493 bits per heavy atom. The molecule has 0 saturated heterocycles. The van der Waals surface area contributed by atoms with Crippen LogP contribution < -0.4 is 0 Å². The van der Waals surface area contributed by atoms with Crippen LogP contribution in [0.4, 0.5) is 42.7 Å². The third-order valence-corrected chi connectivity index (χ3v) is 11.1. The van der Waals surface area contributed by atoms with E-state index in [1.165, 1.54) is 22.3 Å². The van der Waals surface area contributed by atoms with Crippen molar-refractivity contribution in [3.8, 4) is 56.4 Å². The van der Waals surface area contributed by atoms with Crippen molar-refractivity contribution in [2.45, 2.75) is 68.5 Å². The van der Waals surface area contributed by atoms with Crippen LogP contribution in [0.1, 0.15) is 58.4 Å². The largest absolute Gasteiger partial charge is 0.324 e. The van der Waals surface area contributed by atoms with E-state index in [4.69, 9.17) is 0 Å². The van der Waals surface area contributed by atoms with Gasteiger partial charge in [-0.05, 0) is 121 Å². The summed E-state index contributed by atoms with van der Waals surface area (Å²) in [5.41, 5.74) is 15.1. The van der Waals surface area contributed by atoms with Crippen LogP contribution in [0.5, 0.6) is 0 Å². The summed E-state index contributed by atoms with van der Waals surface area (Å²) in [6, 6.07) is 33.6. The predicted molar refractivity (Wildman–Crippen MR) is 273 cm³/mol. The second kappa shape index (κ2) is 23.7. The zero-order chi connectivity index (χ0) is 54.2. The average Bonchev–Trinajstić information content (AvgIpc) is 3.94. The molecule has 75 heavy (non-hydrogen) atoms. The first-order chi connectivity index (χ1) is 34.7. The van der Waals surface area contributed by atoms with Gasteiger partial charge in [-0.25, -0.2) is 9.97 Å². The Bertz CT molecular complexity index is 3160. The average molecular weight is 1230 g/mol. The van der Waals surface area contributed by atoms with Crippen LogP contribution in [0.3, 0.4) is 0 Å². The van der Waals surface area contributed by atoms with Gasteiger partial charge in [-0.2, -0.15) is 0 Å². The van der Waals surface area contributed by atoms with E-state index in [0.29, 0.717) is 11.4 Å². The van der Waals surface area contributed by atoms with Gasteiger partial charge >= 0.3 is 33.0 Å². The summed E-state index contributed by atoms with van der Waals surface area (Å²) in [6.07, 6.45) is 13.0. The van der Waals surface area contributed by atoms with E-state index < -0.39 is 31.1 Å². The number of nitrogens with zero attached hydrogens (tertiary/aromatic N) is 6. The number of hydrogen-bond acceptors (Lipinski definition) is 4. The van der Waals surface area contributed by atoms with Crippen molar-refractivity contribution < 1.29 is 62.8 Å². The summed E-state index contributed by atoms with van der Waals surface area (Å²) in [5, 5.41) is 0. The van der Waals surface area contributed by atoms with Crippen molar-refractivity contribution in [3.05, 3.63) is 221 Å². The van der Waals surface area contributed by atoms with Crippen molar-refractivity contribution in [3.63, 3.8) is 0 Å². The quantitative estimate of drug-likeness (QED) is 0.100. The second-order valence-corrected chi connectivity index (χ2v) is 19.5.